The Hall–Kier alpha value is -0.540. The van der Waals surface area contributed by atoms with Crippen molar-refractivity contribution < 1.29 is 9.52 Å². The summed E-state index contributed by atoms with van der Waals surface area (Å²) < 4.78 is 5.95. The normalized spacial score (nSPS) is 11.2. The van der Waals surface area contributed by atoms with Crippen molar-refractivity contribution in [3.8, 4) is 0 Å². The van der Waals surface area contributed by atoms with Crippen LogP contribution in [0.4, 0.5) is 0 Å². The van der Waals surface area contributed by atoms with Crippen molar-refractivity contribution in [1.29, 1.82) is 0 Å². The number of hydrogen-bond donors (Lipinski definition) is 1. The van der Waals surface area contributed by atoms with E-state index in [1.165, 1.54) is 0 Å². The molecule has 0 aliphatic carbocycles. The molecule has 3 heteroatoms. The fourth-order valence-corrected chi connectivity index (χ4v) is 1.30. The van der Waals surface area contributed by atoms with Crippen LogP contribution in [-0.4, -0.2) is 11.7 Å². The molecule has 0 spiro atoms. The molecule has 0 unspecified atom stereocenters. The maximum atomic E-state index is 8.49. The summed E-state index contributed by atoms with van der Waals surface area (Å²) in [6, 6.07) is 1.89. The Balaban J connectivity index is 2.85. The van der Waals surface area contributed by atoms with Gasteiger partial charge in [-0.1, -0.05) is 6.08 Å². The summed E-state index contributed by atoms with van der Waals surface area (Å²) in [5.74, 6) is 0.783. The van der Waals surface area contributed by atoms with Crippen LogP contribution in [0.15, 0.2) is 21.2 Å². The largest absolute Gasteiger partial charge is 0.450 e. The van der Waals surface area contributed by atoms with Gasteiger partial charge in [0.05, 0.1) is 6.61 Å². The van der Waals surface area contributed by atoms with Gasteiger partial charge in [-0.3, -0.25) is 0 Å². The van der Waals surface area contributed by atoms with Gasteiger partial charge in [-0.2, -0.15) is 0 Å². The number of furan rings is 1. The van der Waals surface area contributed by atoms with Crippen molar-refractivity contribution in [3.63, 3.8) is 0 Å². The van der Waals surface area contributed by atoms with Crippen LogP contribution < -0.4 is 0 Å². The van der Waals surface area contributed by atoms with E-state index in [0.717, 1.165) is 11.3 Å². The summed E-state index contributed by atoms with van der Waals surface area (Å²) in [6.07, 6.45) is 3.39. The zero-order valence-corrected chi connectivity index (χ0v) is 7.76. The van der Waals surface area contributed by atoms with Crippen LogP contribution in [0.1, 0.15) is 11.3 Å². The SMILES string of the molecule is Cc1cc(Br)oc1/C=C/CO. The fourth-order valence-electron chi connectivity index (χ4n) is 0.782. The number of rotatable bonds is 2. The highest BCUT2D eigenvalue weighted by Crippen LogP contribution is 2.20. The highest BCUT2D eigenvalue weighted by molar-refractivity contribution is 9.10. The average Bonchev–Trinajstić information content (AvgIpc) is 2.26. The molecule has 0 aliphatic heterocycles. The lowest BCUT2D eigenvalue weighted by Gasteiger charge is -1.85. The number of aliphatic hydroxyl groups is 1. The second-order valence-electron chi connectivity index (χ2n) is 2.18. The third-order valence-electron chi connectivity index (χ3n) is 1.30. The molecule has 0 saturated heterocycles. The summed E-state index contributed by atoms with van der Waals surface area (Å²) in [7, 11) is 0. The molecule has 0 aromatic carbocycles. The smallest absolute Gasteiger partial charge is 0.170 e. The first-order valence-corrected chi connectivity index (χ1v) is 4.06. The van der Waals surface area contributed by atoms with Crippen LogP contribution in [0.2, 0.25) is 0 Å². The van der Waals surface area contributed by atoms with E-state index in [2.05, 4.69) is 15.9 Å². The van der Waals surface area contributed by atoms with E-state index >= 15 is 0 Å². The van der Waals surface area contributed by atoms with Crippen LogP contribution in [0.3, 0.4) is 0 Å². The van der Waals surface area contributed by atoms with E-state index in [4.69, 9.17) is 9.52 Å². The number of aliphatic hydroxyl groups excluding tert-OH is 1. The summed E-state index contributed by atoms with van der Waals surface area (Å²) in [6.45, 7) is 1.99. The Morgan fingerprint density at radius 3 is 2.91 bits per heavy atom. The molecule has 11 heavy (non-hydrogen) atoms. The maximum Gasteiger partial charge on any atom is 0.170 e. The first-order chi connectivity index (χ1) is 5.24. The van der Waals surface area contributed by atoms with E-state index in [-0.39, 0.29) is 6.61 Å². The summed E-state index contributed by atoms with van der Waals surface area (Å²) >= 11 is 3.21. The van der Waals surface area contributed by atoms with Gasteiger partial charge in [0, 0.05) is 0 Å². The highest BCUT2D eigenvalue weighted by atomic mass is 79.9. The third-order valence-corrected chi connectivity index (χ3v) is 1.69. The molecule has 0 amide bonds. The average molecular weight is 217 g/mol. The molecular weight excluding hydrogens is 208 g/mol. The van der Waals surface area contributed by atoms with Crippen LogP contribution in [0.25, 0.3) is 6.08 Å². The quantitative estimate of drug-likeness (QED) is 0.824. The monoisotopic (exact) mass is 216 g/mol. The molecule has 1 heterocycles. The van der Waals surface area contributed by atoms with Gasteiger partial charge >= 0.3 is 0 Å². The summed E-state index contributed by atoms with van der Waals surface area (Å²) in [5, 5.41) is 8.49. The Labute approximate surface area is 73.7 Å². The highest BCUT2D eigenvalue weighted by Gasteiger charge is 2.00. The molecule has 1 aromatic heterocycles. The molecule has 0 radical (unpaired) electrons. The Morgan fingerprint density at radius 1 is 1.73 bits per heavy atom. The van der Waals surface area contributed by atoms with Crippen LogP contribution >= 0.6 is 15.9 Å². The van der Waals surface area contributed by atoms with Crippen molar-refractivity contribution >= 4 is 22.0 Å². The zero-order valence-electron chi connectivity index (χ0n) is 6.17. The van der Waals surface area contributed by atoms with Crippen LogP contribution in [0, 0.1) is 6.92 Å². The molecule has 1 rings (SSSR count). The van der Waals surface area contributed by atoms with Gasteiger partial charge < -0.3 is 9.52 Å². The Kier molecular flexibility index (Phi) is 2.91. The lowest BCUT2D eigenvalue weighted by Crippen LogP contribution is -1.72. The first-order valence-electron chi connectivity index (χ1n) is 3.27. The lowest BCUT2D eigenvalue weighted by molar-refractivity contribution is 0.343. The Morgan fingerprint density at radius 2 is 2.45 bits per heavy atom. The second kappa shape index (κ2) is 3.74. The molecular formula is C8H9BrO2. The van der Waals surface area contributed by atoms with E-state index < -0.39 is 0 Å². The van der Waals surface area contributed by atoms with Crippen molar-refractivity contribution in [3.05, 3.63) is 28.1 Å². The van der Waals surface area contributed by atoms with Gasteiger partial charge in [-0.15, -0.1) is 0 Å². The van der Waals surface area contributed by atoms with Crippen molar-refractivity contribution in [2.75, 3.05) is 6.61 Å². The Bertz CT molecular complexity index is 263. The van der Waals surface area contributed by atoms with Gasteiger partial charge in [0.2, 0.25) is 0 Å². The van der Waals surface area contributed by atoms with Gasteiger partial charge in [-0.05, 0) is 40.6 Å². The molecule has 0 saturated carbocycles. The van der Waals surface area contributed by atoms with Crippen molar-refractivity contribution in [2.24, 2.45) is 0 Å². The third kappa shape index (κ3) is 2.20. The first kappa shape index (κ1) is 8.56. The standard InChI is InChI=1S/C8H9BrO2/c1-6-5-8(9)11-7(6)3-2-4-10/h2-3,5,10H,4H2,1H3/b3-2+. The fraction of sp³-hybridized carbons (Fsp3) is 0.250. The summed E-state index contributed by atoms with van der Waals surface area (Å²) in [4.78, 5) is 0. The zero-order chi connectivity index (χ0) is 8.27. The van der Waals surface area contributed by atoms with E-state index in [0.29, 0.717) is 4.67 Å². The minimum absolute atomic E-state index is 0.0394. The van der Waals surface area contributed by atoms with Gasteiger partial charge in [0.15, 0.2) is 4.67 Å². The molecule has 1 aromatic rings. The van der Waals surface area contributed by atoms with Crippen molar-refractivity contribution in [2.45, 2.75) is 6.92 Å². The molecule has 60 valence electrons. The maximum absolute atomic E-state index is 8.49. The predicted molar refractivity (Wildman–Crippen MR) is 47.3 cm³/mol. The van der Waals surface area contributed by atoms with Gasteiger partial charge in [-0.25, -0.2) is 0 Å². The van der Waals surface area contributed by atoms with Gasteiger partial charge in [0.1, 0.15) is 5.76 Å². The topological polar surface area (TPSA) is 33.4 Å². The molecule has 0 atom stereocenters. The number of hydrogen-bond acceptors (Lipinski definition) is 2. The van der Waals surface area contributed by atoms with Crippen LogP contribution in [-0.2, 0) is 0 Å². The van der Waals surface area contributed by atoms with E-state index in [1.54, 1.807) is 12.2 Å². The van der Waals surface area contributed by atoms with Gasteiger partial charge in [0.25, 0.3) is 0 Å². The lowest BCUT2D eigenvalue weighted by atomic mass is 10.3. The minimum atomic E-state index is 0.0394. The minimum Gasteiger partial charge on any atom is -0.450 e. The van der Waals surface area contributed by atoms with Crippen molar-refractivity contribution in [1.82, 2.24) is 0 Å². The van der Waals surface area contributed by atoms with E-state index in [1.807, 2.05) is 13.0 Å². The van der Waals surface area contributed by atoms with Crippen LogP contribution in [0.5, 0.6) is 0 Å². The number of halogens is 1. The molecule has 2 nitrogen and oxygen atoms in total. The molecule has 0 aliphatic rings. The second-order valence-corrected chi connectivity index (χ2v) is 2.96. The summed E-state index contributed by atoms with van der Waals surface area (Å²) in [5.41, 5.74) is 1.06. The predicted octanol–water partition coefficient (Wildman–Crippen LogP) is 2.36. The van der Waals surface area contributed by atoms with E-state index in [9.17, 15) is 0 Å². The molecule has 0 fully saturated rings. The molecule has 1 N–H and O–H groups in total. The molecule has 0 bridgehead atoms. The number of aryl methyl sites for hydroxylation is 1.